The Balaban J connectivity index is 1.52. The van der Waals surface area contributed by atoms with Crippen LogP contribution in [0.1, 0.15) is 52.7 Å². The highest BCUT2D eigenvalue weighted by Gasteiger charge is 2.09. The molecule has 7 heteroatoms. The molecule has 1 amide bonds. The summed E-state index contributed by atoms with van der Waals surface area (Å²) in [5.41, 5.74) is 2.19. The van der Waals surface area contributed by atoms with Crippen molar-refractivity contribution in [2.24, 2.45) is 0 Å². The third-order valence-electron chi connectivity index (χ3n) is 4.58. The molecule has 0 aliphatic heterocycles. The summed E-state index contributed by atoms with van der Waals surface area (Å²) in [4.78, 5) is 31.9. The van der Waals surface area contributed by atoms with Crippen LogP contribution in [0.4, 0.5) is 0 Å². The number of aryl methyl sites for hydroxylation is 1. The zero-order valence-corrected chi connectivity index (χ0v) is 16.5. The van der Waals surface area contributed by atoms with E-state index in [1.807, 2.05) is 6.20 Å². The molecule has 0 saturated heterocycles. The Hall–Kier alpha value is -3.48. The van der Waals surface area contributed by atoms with Crippen LogP contribution in [-0.4, -0.2) is 38.1 Å². The summed E-state index contributed by atoms with van der Waals surface area (Å²) in [7, 11) is 0. The van der Waals surface area contributed by atoms with Crippen LogP contribution in [0.5, 0.6) is 0 Å². The molecule has 2 heterocycles. The van der Waals surface area contributed by atoms with Gasteiger partial charge in [0.1, 0.15) is 5.82 Å². The third-order valence-corrected chi connectivity index (χ3v) is 4.58. The van der Waals surface area contributed by atoms with Crippen LogP contribution in [0.2, 0.25) is 0 Å². The number of hydrogen-bond donors (Lipinski definition) is 2. The number of carboxylic acid groups (broad SMARTS) is 1. The van der Waals surface area contributed by atoms with Crippen LogP contribution in [0.25, 0.3) is 11.3 Å². The molecule has 0 aliphatic carbocycles. The summed E-state index contributed by atoms with van der Waals surface area (Å²) >= 11 is 0. The lowest BCUT2D eigenvalue weighted by Gasteiger charge is -2.11. The maximum atomic E-state index is 12.3. The monoisotopic (exact) mass is 392 g/mol. The molecule has 0 fully saturated rings. The minimum atomic E-state index is -0.968. The van der Waals surface area contributed by atoms with Gasteiger partial charge in [-0.1, -0.05) is 26.0 Å². The fraction of sp³-hybridized carbons (Fsp3) is 0.273. The Morgan fingerprint density at radius 3 is 2.41 bits per heavy atom. The number of aromatic carboxylic acids is 1. The van der Waals surface area contributed by atoms with E-state index < -0.39 is 5.97 Å². The first-order chi connectivity index (χ1) is 14.0. The average molecular weight is 392 g/mol. The van der Waals surface area contributed by atoms with Gasteiger partial charge in [-0.25, -0.2) is 9.78 Å². The van der Waals surface area contributed by atoms with Crippen LogP contribution >= 0.6 is 0 Å². The summed E-state index contributed by atoms with van der Waals surface area (Å²) in [6.07, 6.45) is 6.10. The van der Waals surface area contributed by atoms with Crippen molar-refractivity contribution in [3.05, 3.63) is 71.9 Å². The molecule has 0 bridgehead atoms. The van der Waals surface area contributed by atoms with E-state index in [2.05, 4.69) is 33.7 Å². The fourth-order valence-corrected chi connectivity index (χ4v) is 3.05. The molecule has 2 N–H and O–H groups in total. The quantitative estimate of drug-likeness (QED) is 0.571. The average Bonchev–Trinajstić information content (AvgIpc) is 3.20. The van der Waals surface area contributed by atoms with Gasteiger partial charge in [0.25, 0.3) is 5.91 Å². The number of amides is 1. The second-order valence-corrected chi connectivity index (χ2v) is 7.06. The number of hydrogen-bond acceptors (Lipinski definition) is 4. The smallest absolute Gasteiger partial charge is 0.335 e. The molecule has 3 rings (SSSR count). The topological polar surface area (TPSA) is 97.1 Å². The van der Waals surface area contributed by atoms with E-state index in [1.54, 1.807) is 30.5 Å². The Kier molecular flexibility index (Phi) is 6.39. The number of imidazole rings is 1. The van der Waals surface area contributed by atoms with Crippen molar-refractivity contribution in [1.29, 1.82) is 0 Å². The maximum absolute atomic E-state index is 12.3. The summed E-state index contributed by atoms with van der Waals surface area (Å²) < 4.78 is 2.11. The lowest BCUT2D eigenvalue weighted by Crippen LogP contribution is -2.25. The number of aromatic nitrogens is 3. The SMILES string of the molecule is CC(C)c1nccn1CCCNC(=O)c1ccc(-c2ccc(C(=O)O)cc2)nc1. The number of nitrogens with zero attached hydrogens (tertiary/aromatic N) is 3. The van der Waals surface area contributed by atoms with E-state index in [0.717, 1.165) is 24.4 Å². The van der Waals surface area contributed by atoms with Crippen molar-refractivity contribution in [3.63, 3.8) is 0 Å². The van der Waals surface area contributed by atoms with Gasteiger partial charge in [-0.05, 0) is 30.7 Å². The van der Waals surface area contributed by atoms with E-state index in [-0.39, 0.29) is 11.5 Å². The van der Waals surface area contributed by atoms with Gasteiger partial charge in [-0.15, -0.1) is 0 Å². The van der Waals surface area contributed by atoms with Crippen molar-refractivity contribution in [3.8, 4) is 11.3 Å². The molecule has 0 spiro atoms. The first kappa shape index (κ1) is 20.3. The summed E-state index contributed by atoms with van der Waals surface area (Å²) in [6.45, 7) is 5.58. The largest absolute Gasteiger partial charge is 0.478 e. The molecule has 2 aromatic heterocycles. The molecule has 3 aromatic rings. The number of benzene rings is 1. The summed E-state index contributed by atoms with van der Waals surface area (Å²) in [5, 5.41) is 11.9. The van der Waals surface area contributed by atoms with Crippen molar-refractivity contribution in [2.45, 2.75) is 32.7 Å². The van der Waals surface area contributed by atoms with Crippen molar-refractivity contribution >= 4 is 11.9 Å². The van der Waals surface area contributed by atoms with Crippen molar-refractivity contribution < 1.29 is 14.7 Å². The molecule has 0 radical (unpaired) electrons. The Morgan fingerprint density at radius 2 is 1.79 bits per heavy atom. The molecule has 0 atom stereocenters. The molecular weight excluding hydrogens is 368 g/mol. The Morgan fingerprint density at radius 1 is 1.07 bits per heavy atom. The van der Waals surface area contributed by atoms with E-state index in [4.69, 9.17) is 5.11 Å². The minimum Gasteiger partial charge on any atom is -0.478 e. The van der Waals surface area contributed by atoms with E-state index in [1.165, 1.54) is 18.3 Å². The van der Waals surface area contributed by atoms with Gasteiger partial charge in [0.2, 0.25) is 0 Å². The first-order valence-electron chi connectivity index (χ1n) is 9.54. The predicted octanol–water partition coefficient (Wildman–Crippen LogP) is 3.59. The van der Waals surface area contributed by atoms with Gasteiger partial charge in [-0.3, -0.25) is 9.78 Å². The van der Waals surface area contributed by atoms with Gasteiger partial charge in [-0.2, -0.15) is 0 Å². The normalized spacial score (nSPS) is 10.9. The van der Waals surface area contributed by atoms with E-state index in [9.17, 15) is 9.59 Å². The third kappa shape index (κ3) is 5.07. The summed E-state index contributed by atoms with van der Waals surface area (Å²) in [5.74, 6) is 0.280. The lowest BCUT2D eigenvalue weighted by atomic mass is 10.1. The Labute approximate surface area is 169 Å². The fourth-order valence-electron chi connectivity index (χ4n) is 3.05. The first-order valence-corrected chi connectivity index (χ1v) is 9.54. The summed E-state index contributed by atoms with van der Waals surface area (Å²) in [6, 6.07) is 9.94. The molecule has 29 heavy (non-hydrogen) atoms. The zero-order valence-electron chi connectivity index (χ0n) is 16.5. The number of carboxylic acids is 1. The van der Waals surface area contributed by atoms with E-state index in [0.29, 0.717) is 23.7 Å². The van der Waals surface area contributed by atoms with Crippen molar-refractivity contribution in [1.82, 2.24) is 19.9 Å². The molecule has 150 valence electrons. The van der Waals surface area contributed by atoms with Gasteiger partial charge in [0, 0.05) is 43.2 Å². The highest BCUT2D eigenvalue weighted by Crippen LogP contribution is 2.18. The van der Waals surface area contributed by atoms with Crippen LogP contribution in [0.3, 0.4) is 0 Å². The molecular formula is C22H24N4O3. The van der Waals surface area contributed by atoms with Crippen molar-refractivity contribution in [2.75, 3.05) is 6.54 Å². The number of rotatable bonds is 8. The van der Waals surface area contributed by atoms with Crippen LogP contribution in [-0.2, 0) is 6.54 Å². The molecule has 0 saturated carbocycles. The predicted molar refractivity (Wildman–Crippen MR) is 110 cm³/mol. The zero-order chi connectivity index (χ0) is 20.8. The van der Waals surface area contributed by atoms with Gasteiger partial charge >= 0.3 is 5.97 Å². The Bertz CT molecular complexity index is 976. The molecule has 7 nitrogen and oxygen atoms in total. The second kappa shape index (κ2) is 9.14. The molecule has 1 aromatic carbocycles. The standard InChI is InChI=1S/C22H24N4O3/c1-15(2)20-23-11-13-26(20)12-3-10-24-21(27)18-8-9-19(25-14-18)16-4-6-17(7-5-16)22(28)29/h4-9,11,13-15H,3,10,12H2,1-2H3,(H,24,27)(H,28,29). The highest BCUT2D eigenvalue weighted by molar-refractivity contribution is 5.94. The number of carbonyl (C=O) groups is 2. The van der Waals surface area contributed by atoms with Crippen LogP contribution in [0.15, 0.2) is 55.0 Å². The van der Waals surface area contributed by atoms with Crippen LogP contribution in [0, 0.1) is 0 Å². The second-order valence-electron chi connectivity index (χ2n) is 7.06. The molecule has 0 aliphatic rings. The number of carbonyl (C=O) groups excluding carboxylic acids is 1. The number of nitrogens with one attached hydrogen (secondary N) is 1. The van der Waals surface area contributed by atoms with Gasteiger partial charge < -0.3 is 15.0 Å². The van der Waals surface area contributed by atoms with Gasteiger partial charge in [0.05, 0.1) is 16.8 Å². The minimum absolute atomic E-state index is 0.167. The van der Waals surface area contributed by atoms with Gasteiger partial charge in [0.15, 0.2) is 0 Å². The number of pyridine rings is 1. The highest BCUT2D eigenvalue weighted by atomic mass is 16.4. The molecule has 0 unspecified atom stereocenters. The van der Waals surface area contributed by atoms with E-state index >= 15 is 0 Å². The van der Waals surface area contributed by atoms with Crippen LogP contribution < -0.4 is 5.32 Å². The maximum Gasteiger partial charge on any atom is 0.335 e. The lowest BCUT2D eigenvalue weighted by molar-refractivity contribution is 0.0696.